The zero-order valence-corrected chi connectivity index (χ0v) is 13.2. The van der Waals surface area contributed by atoms with Gasteiger partial charge in [-0.15, -0.1) is 0 Å². The molecule has 0 N–H and O–H groups in total. The molecule has 1 heteroatoms. The summed E-state index contributed by atoms with van der Waals surface area (Å²) in [7, 11) is -0.190. The van der Waals surface area contributed by atoms with E-state index in [9.17, 15) is 0 Å². The van der Waals surface area contributed by atoms with Crippen LogP contribution < -0.4 is 10.6 Å². The molecule has 1 unspecified atom stereocenters. The molecule has 2 aromatic carbocycles. The van der Waals surface area contributed by atoms with Crippen molar-refractivity contribution in [3.63, 3.8) is 0 Å². The van der Waals surface area contributed by atoms with Gasteiger partial charge in [-0.25, -0.2) is 0 Å². The summed E-state index contributed by atoms with van der Waals surface area (Å²) in [6, 6.07) is 20.2. The summed E-state index contributed by atoms with van der Waals surface area (Å²) in [6.45, 7) is 2.27. The maximum atomic E-state index is 2.36. The van der Waals surface area contributed by atoms with Gasteiger partial charge in [0, 0.05) is 0 Å². The Morgan fingerprint density at radius 2 is 1.45 bits per heavy atom. The van der Waals surface area contributed by atoms with E-state index in [4.69, 9.17) is 0 Å². The number of hydrogen-bond donors (Lipinski definition) is 0. The average molecular weight is 282 g/mol. The van der Waals surface area contributed by atoms with E-state index in [0.717, 1.165) is 5.66 Å². The van der Waals surface area contributed by atoms with Gasteiger partial charge in [-0.3, -0.25) is 0 Å². The van der Waals surface area contributed by atoms with Gasteiger partial charge in [0.1, 0.15) is 0 Å². The summed E-state index contributed by atoms with van der Waals surface area (Å²) >= 11 is 0. The highest BCUT2D eigenvalue weighted by atomic mass is 31.1. The minimum Gasteiger partial charge on any atom is -0.0622 e. The smallest absolute Gasteiger partial charge is 0.0129 e. The van der Waals surface area contributed by atoms with Gasteiger partial charge in [-0.1, -0.05) is 73.9 Å². The lowest BCUT2D eigenvalue weighted by Gasteiger charge is -2.32. The molecular weight excluding hydrogens is 259 g/mol. The molecule has 1 saturated carbocycles. The molecule has 104 valence electrons. The van der Waals surface area contributed by atoms with E-state index in [1.807, 2.05) is 0 Å². The Bertz CT molecular complexity index is 541. The number of rotatable bonds is 3. The zero-order chi connectivity index (χ0) is 13.8. The standard InChI is InChI=1S/C19H23P/c1-16-10-8-9-15-19(16)20(17-11-4-2-5-12-17)18-13-6-3-7-14-18/h2,4-5,8-12,15,18H,3,6-7,13-14H2,1H3. The van der Waals surface area contributed by atoms with E-state index >= 15 is 0 Å². The second-order valence-electron chi connectivity index (χ2n) is 5.78. The summed E-state index contributed by atoms with van der Waals surface area (Å²) in [6.07, 6.45) is 7.09. The fraction of sp³-hybridized carbons (Fsp3) is 0.368. The lowest BCUT2D eigenvalue weighted by molar-refractivity contribution is 0.513. The summed E-state index contributed by atoms with van der Waals surface area (Å²) in [5, 5.41) is 3.16. The van der Waals surface area contributed by atoms with Crippen LogP contribution in [0.4, 0.5) is 0 Å². The molecule has 0 spiro atoms. The van der Waals surface area contributed by atoms with Crippen molar-refractivity contribution in [2.45, 2.75) is 44.7 Å². The van der Waals surface area contributed by atoms with Crippen LogP contribution in [0, 0.1) is 6.92 Å². The second kappa shape index (κ2) is 6.55. The maximum absolute atomic E-state index is 2.36. The van der Waals surface area contributed by atoms with E-state index in [1.54, 1.807) is 10.6 Å². The van der Waals surface area contributed by atoms with Crippen molar-refractivity contribution < 1.29 is 0 Å². The van der Waals surface area contributed by atoms with Crippen LogP contribution >= 0.6 is 7.92 Å². The second-order valence-corrected chi connectivity index (χ2v) is 8.25. The fourth-order valence-corrected chi connectivity index (χ4v) is 6.48. The van der Waals surface area contributed by atoms with Crippen LogP contribution in [0.2, 0.25) is 0 Å². The summed E-state index contributed by atoms with van der Waals surface area (Å²) in [5.41, 5.74) is 2.34. The van der Waals surface area contributed by atoms with Crippen molar-refractivity contribution in [2.24, 2.45) is 0 Å². The van der Waals surface area contributed by atoms with Crippen molar-refractivity contribution in [1.29, 1.82) is 0 Å². The molecule has 1 aliphatic rings. The van der Waals surface area contributed by atoms with Crippen LogP contribution in [0.5, 0.6) is 0 Å². The molecule has 2 aromatic rings. The molecule has 0 radical (unpaired) electrons. The summed E-state index contributed by atoms with van der Waals surface area (Å²) in [5.74, 6) is 0. The van der Waals surface area contributed by atoms with Gasteiger partial charge < -0.3 is 0 Å². The van der Waals surface area contributed by atoms with Gasteiger partial charge in [0.05, 0.1) is 0 Å². The highest BCUT2D eigenvalue weighted by molar-refractivity contribution is 7.73. The summed E-state index contributed by atoms with van der Waals surface area (Å²) < 4.78 is 0. The lowest BCUT2D eigenvalue weighted by Crippen LogP contribution is -2.25. The van der Waals surface area contributed by atoms with Gasteiger partial charge in [0.2, 0.25) is 0 Å². The maximum Gasteiger partial charge on any atom is -0.0129 e. The molecule has 3 rings (SSSR count). The normalized spacial score (nSPS) is 17.9. The van der Waals surface area contributed by atoms with E-state index in [1.165, 1.54) is 37.7 Å². The Balaban J connectivity index is 2.01. The minimum atomic E-state index is -0.190. The highest BCUT2D eigenvalue weighted by Gasteiger charge is 2.26. The van der Waals surface area contributed by atoms with Crippen molar-refractivity contribution in [3.05, 3.63) is 60.2 Å². The zero-order valence-electron chi connectivity index (χ0n) is 12.3. The van der Waals surface area contributed by atoms with Gasteiger partial charge in [-0.2, -0.15) is 0 Å². The predicted octanol–water partition coefficient (Wildman–Crippen LogP) is 4.76. The van der Waals surface area contributed by atoms with Crippen LogP contribution in [-0.2, 0) is 0 Å². The molecule has 0 nitrogen and oxygen atoms in total. The van der Waals surface area contributed by atoms with Crippen LogP contribution in [0.3, 0.4) is 0 Å². The summed E-state index contributed by atoms with van der Waals surface area (Å²) in [4.78, 5) is 0. The van der Waals surface area contributed by atoms with Crippen LogP contribution in [0.25, 0.3) is 0 Å². The third-order valence-electron chi connectivity index (χ3n) is 4.35. The van der Waals surface area contributed by atoms with E-state index in [0.29, 0.717) is 0 Å². The van der Waals surface area contributed by atoms with E-state index in [2.05, 4.69) is 61.5 Å². The number of benzene rings is 2. The molecule has 0 aromatic heterocycles. The largest absolute Gasteiger partial charge is 0.0622 e. The first-order chi connectivity index (χ1) is 9.86. The number of aryl methyl sites for hydroxylation is 1. The Morgan fingerprint density at radius 1 is 0.800 bits per heavy atom. The SMILES string of the molecule is Cc1ccccc1P(c1ccccc1)C1CCCCC1. The van der Waals surface area contributed by atoms with Crippen LogP contribution in [0.15, 0.2) is 54.6 Å². The van der Waals surface area contributed by atoms with Gasteiger partial charge >= 0.3 is 0 Å². The first-order valence-corrected chi connectivity index (χ1v) is 9.17. The van der Waals surface area contributed by atoms with Crippen LogP contribution in [-0.4, -0.2) is 5.66 Å². The topological polar surface area (TPSA) is 0 Å². The van der Waals surface area contributed by atoms with E-state index < -0.39 is 0 Å². The Hall–Kier alpha value is -1.13. The Kier molecular flexibility index (Phi) is 4.53. The monoisotopic (exact) mass is 282 g/mol. The highest BCUT2D eigenvalue weighted by Crippen LogP contribution is 2.46. The Morgan fingerprint density at radius 3 is 2.15 bits per heavy atom. The lowest BCUT2D eigenvalue weighted by atomic mass is 10.0. The third-order valence-corrected chi connectivity index (χ3v) is 7.47. The molecule has 0 bridgehead atoms. The molecule has 1 atom stereocenters. The van der Waals surface area contributed by atoms with Gasteiger partial charge in [0.15, 0.2) is 0 Å². The molecule has 0 amide bonds. The van der Waals surface area contributed by atoms with Crippen LogP contribution in [0.1, 0.15) is 37.7 Å². The van der Waals surface area contributed by atoms with Gasteiger partial charge in [-0.05, 0) is 49.5 Å². The Labute approximate surface area is 124 Å². The predicted molar refractivity (Wildman–Crippen MR) is 90.7 cm³/mol. The van der Waals surface area contributed by atoms with Gasteiger partial charge in [0.25, 0.3) is 0 Å². The van der Waals surface area contributed by atoms with E-state index in [-0.39, 0.29) is 7.92 Å². The first kappa shape index (κ1) is 13.8. The fourth-order valence-electron chi connectivity index (χ4n) is 3.31. The molecular formula is C19H23P. The first-order valence-electron chi connectivity index (χ1n) is 7.76. The van der Waals surface area contributed by atoms with Crippen molar-refractivity contribution >= 4 is 18.5 Å². The molecule has 0 heterocycles. The molecule has 1 aliphatic carbocycles. The third kappa shape index (κ3) is 2.96. The molecule has 20 heavy (non-hydrogen) atoms. The molecule has 0 aliphatic heterocycles. The molecule has 1 fully saturated rings. The minimum absolute atomic E-state index is 0.190. The quantitative estimate of drug-likeness (QED) is 0.712. The molecule has 0 saturated heterocycles. The number of hydrogen-bond acceptors (Lipinski definition) is 0. The van der Waals surface area contributed by atoms with Crippen molar-refractivity contribution in [3.8, 4) is 0 Å². The van der Waals surface area contributed by atoms with Crippen molar-refractivity contribution in [1.82, 2.24) is 0 Å². The van der Waals surface area contributed by atoms with Crippen molar-refractivity contribution in [2.75, 3.05) is 0 Å². The average Bonchev–Trinajstić information content (AvgIpc) is 2.52.